The first-order valence-corrected chi connectivity index (χ1v) is 8.27. The number of nitrogens with one attached hydrogen (secondary N) is 1. The van der Waals surface area contributed by atoms with Crippen LogP contribution < -0.4 is 5.32 Å². The molecular weight excluding hydrogens is 260 g/mol. The SMILES string of the molecule is c1csc(C(c2ccsc2)N2CCCNCC2)c1. The Morgan fingerprint density at radius 2 is 2.17 bits per heavy atom. The van der Waals surface area contributed by atoms with Gasteiger partial charge in [-0.25, -0.2) is 0 Å². The van der Waals surface area contributed by atoms with Gasteiger partial charge in [0.05, 0.1) is 6.04 Å². The maximum absolute atomic E-state index is 3.49. The minimum Gasteiger partial charge on any atom is -0.315 e. The minimum atomic E-state index is 0.455. The van der Waals surface area contributed by atoms with Crippen molar-refractivity contribution in [3.8, 4) is 0 Å². The number of hydrogen-bond acceptors (Lipinski definition) is 4. The third kappa shape index (κ3) is 2.67. The van der Waals surface area contributed by atoms with Crippen LogP contribution in [0.3, 0.4) is 0 Å². The van der Waals surface area contributed by atoms with Crippen LogP contribution in [-0.2, 0) is 0 Å². The molecule has 1 aliphatic rings. The average molecular weight is 278 g/mol. The van der Waals surface area contributed by atoms with Crippen molar-refractivity contribution in [2.45, 2.75) is 12.5 Å². The summed E-state index contributed by atoms with van der Waals surface area (Å²) in [5.74, 6) is 0. The van der Waals surface area contributed by atoms with Gasteiger partial charge in [-0.05, 0) is 46.8 Å². The molecule has 0 spiro atoms. The second-order valence-corrected chi connectivity index (χ2v) is 6.37. The molecule has 0 amide bonds. The molecule has 96 valence electrons. The zero-order chi connectivity index (χ0) is 12.2. The van der Waals surface area contributed by atoms with E-state index in [0.717, 1.165) is 19.6 Å². The van der Waals surface area contributed by atoms with E-state index < -0.39 is 0 Å². The summed E-state index contributed by atoms with van der Waals surface area (Å²) >= 11 is 3.67. The first-order chi connectivity index (χ1) is 8.95. The normalized spacial score (nSPS) is 19.6. The minimum absolute atomic E-state index is 0.455. The average Bonchev–Trinajstić information content (AvgIpc) is 3.02. The summed E-state index contributed by atoms with van der Waals surface area (Å²) in [6, 6.07) is 7.16. The van der Waals surface area contributed by atoms with Gasteiger partial charge >= 0.3 is 0 Å². The molecule has 2 aromatic rings. The van der Waals surface area contributed by atoms with Gasteiger partial charge in [-0.2, -0.15) is 11.3 Å². The van der Waals surface area contributed by atoms with Crippen LogP contribution in [0.15, 0.2) is 34.3 Å². The molecule has 0 radical (unpaired) electrons. The fourth-order valence-corrected chi connectivity index (χ4v) is 4.12. The molecule has 3 heterocycles. The number of hydrogen-bond donors (Lipinski definition) is 1. The largest absolute Gasteiger partial charge is 0.315 e. The molecule has 2 aromatic heterocycles. The van der Waals surface area contributed by atoms with Crippen molar-refractivity contribution < 1.29 is 0 Å². The summed E-state index contributed by atoms with van der Waals surface area (Å²) < 4.78 is 0. The molecule has 18 heavy (non-hydrogen) atoms. The van der Waals surface area contributed by atoms with Crippen LogP contribution in [0.4, 0.5) is 0 Å². The van der Waals surface area contributed by atoms with E-state index in [4.69, 9.17) is 0 Å². The summed E-state index contributed by atoms with van der Waals surface area (Å²) in [4.78, 5) is 4.09. The van der Waals surface area contributed by atoms with Gasteiger partial charge in [-0.3, -0.25) is 4.90 Å². The van der Waals surface area contributed by atoms with E-state index >= 15 is 0 Å². The molecule has 0 bridgehead atoms. The quantitative estimate of drug-likeness (QED) is 0.927. The van der Waals surface area contributed by atoms with Crippen molar-refractivity contribution in [1.29, 1.82) is 0 Å². The lowest BCUT2D eigenvalue weighted by atomic mass is 10.1. The van der Waals surface area contributed by atoms with Crippen LogP contribution in [0, 0.1) is 0 Å². The van der Waals surface area contributed by atoms with E-state index in [1.54, 1.807) is 11.3 Å². The highest BCUT2D eigenvalue weighted by Crippen LogP contribution is 2.33. The van der Waals surface area contributed by atoms with Crippen molar-refractivity contribution in [2.24, 2.45) is 0 Å². The third-order valence-corrected chi connectivity index (χ3v) is 5.04. The molecule has 1 N–H and O–H groups in total. The maximum Gasteiger partial charge on any atom is 0.0704 e. The Bertz CT molecular complexity index is 408. The van der Waals surface area contributed by atoms with Gasteiger partial charge in [0.25, 0.3) is 0 Å². The standard InChI is InChI=1S/C14H18N2S2/c1-3-13(18-9-1)14(12-4-10-17-11-12)16-7-2-5-15-6-8-16/h1,3-4,9-11,14-15H,2,5-8H2. The van der Waals surface area contributed by atoms with E-state index in [9.17, 15) is 0 Å². The van der Waals surface area contributed by atoms with Crippen molar-refractivity contribution in [2.75, 3.05) is 26.2 Å². The van der Waals surface area contributed by atoms with Gasteiger partial charge in [-0.15, -0.1) is 11.3 Å². The van der Waals surface area contributed by atoms with Gasteiger partial charge in [0.15, 0.2) is 0 Å². The van der Waals surface area contributed by atoms with E-state index in [1.165, 1.54) is 23.4 Å². The molecule has 0 aliphatic carbocycles. The monoisotopic (exact) mass is 278 g/mol. The van der Waals surface area contributed by atoms with Crippen LogP contribution in [-0.4, -0.2) is 31.1 Å². The summed E-state index contributed by atoms with van der Waals surface area (Å²) in [5, 5.41) is 10.2. The van der Waals surface area contributed by atoms with E-state index in [-0.39, 0.29) is 0 Å². The number of rotatable bonds is 3. The van der Waals surface area contributed by atoms with Gasteiger partial charge in [0.2, 0.25) is 0 Å². The third-order valence-electron chi connectivity index (χ3n) is 3.41. The van der Waals surface area contributed by atoms with Crippen LogP contribution in [0.2, 0.25) is 0 Å². The molecule has 0 saturated carbocycles. The van der Waals surface area contributed by atoms with Crippen LogP contribution in [0.25, 0.3) is 0 Å². The fourth-order valence-electron chi connectivity index (χ4n) is 2.56. The molecule has 1 atom stereocenters. The zero-order valence-corrected chi connectivity index (χ0v) is 12.0. The van der Waals surface area contributed by atoms with E-state index in [0.29, 0.717) is 6.04 Å². The first-order valence-electron chi connectivity index (χ1n) is 6.45. The molecule has 3 rings (SSSR count). The fraction of sp³-hybridized carbons (Fsp3) is 0.429. The Balaban J connectivity index is 1.89. The predicted molar refractivity (Wildman–Crippen MR) is 79.5 cm³/mol. The van der Waals surface area contributed by atoms with Crippen molar-refractivity contribution >= 4 is 22.7 Å². The van der Waals surface area contributed by atoms with E-state index in [2.05, 4.69) is 44.6 Å². The Morgan fingerprint density at radius 1 is 1.17 bits per heavy atom. The van der Waals surface area contributed by atoms with Crippen LogP contribution in [0.1, 0.15) is 22.9 Å². The Hall–Kier alpha value is -0.680. The van der Waals surface area contributed by atoms with Crippen molar-refractivity contribution in [1.82, 2.24) is 10.2 Å². The Morgan fingerprint density at radius 3 is 2.94 bits per heavy atom. The second-order valence-electron chi connectivity index (χ2n) is 4.61. The number of thiophene rings is 2. The topological polar surface area (TPSA) is 15.3 Å². The van der Waals surface area contributed by atoms with Crippen molar-refractivity contribution in [3.05, 3.63) is 44.8 Å². The second kappa shape index (κ2) is 5.97. The van der Waals surface area contributed by atoms with Gasteiger partial charge in [0, 0.05) is 24.5 Å². The molecule has 2 nitrogen and oxygen atoms in total. The summed E-state index contributed by atoms with van der Waals surface area (Å²) in [5.41, 5.74) is 1.45. The molecule has 1 aliphatic heterocycles. The highest BCUT2D eigenvalue weighted by atomic mass is 32.1. The first kappa shape index (κ1) is 12.4. The predicted octanol–water partition coefficient (Wildman–Crippen LogP) is 3.19. The molecule has 1 saturated heterocycles. The summed E-state index contributed by atoms with van der Waals surface area (Å²) in [7, 11) is 0. The lowest BCUT2D eigenvalue weighted by Crippen LogP contribution is -2.32. The Labute approximate surface area is 116 Å². The molecule has 1 unspecified atom stereocenters. The smallest absolute Gasteiger partial charge is 0.0704 e. The van der Waals surface area contributed by atoms with Crippen LogP contribution in [0.5, 0.6) is 0 Å². The molecule has 1 fully saturated rings. The summed E-state index contributed by atoms with van der Waals surface area (Å²) in [6.07, 6.45) is 1.24. The lowest BCUT2D eigenvalue weighted by Gasteiger charge is -2.29. The molecular formula is C14H18N2S2. The molecule has 4 heteroatoms. The van der Waals surface area contributed by atoms with Gasteiger partial charge in [-0.1, -0.05) is 6.07 Å². The van der Waals surface area contributed by atoms with Crippen LogP contribution >= 0.6 is 22.7 Å². The maximum atomic E-state index is 3.49. The van der Waals surface area contributed by atoms with Crippen molar-refractivity contribution in [3.63, 3.8) is 0 Å². The highest BCUT2D eigenvalue weighted by molar-refractivity contribution is 7.10. The van der Waals surface area contributed by atoms with Gasteiger partial charge < -0.3 is 5.32 Å². The highest BCUT2D eigenvalue weighted by Gasteiger charge is 2.24. The Kier molecular flexibility index (Phi) is 4.10. The number of nitrogens with zero attached hydrogens (tertiary/aromatic N) is 1. The summed E-state index contributed by atoms with van der Waals surface area (Å²) in [6.45, 7) is 4.58. The van der Waals surface area contributed by atoms with Gasteiger partial charge in [0.1, 0.15) is 0 Å². The zero-order valence-electron chi connectivity index (χ0n) is 10.3. The molecule has 0 aromatic carbocycles. The van der Waals surface area contributed by atoms with E-state index in [1.807, 2.05) is 11.3 Å². The lowest BCUT2D eigenvalue weighted by molar-refractivity contribution is 0.244.